The maximum Gasteiger partial charge on any atom is 0.291 e. The minimum Gasteiger partial charge on any atom is -0.379 e. The molecule has 3 rings (SSSR count). The summed E-state index contributed by atoms with van der Waals surface area (Å²) in [5, 5.41) is 7.94. The van der Waals surface area contributed by atoms with Gasteiger partial charge in [-0.3, -0.25) is 4.79 Å². The van der Waals surface area contributed by atoms with E-state index in [1.807, 2.05) is 0 Å². The molecule has 4 nitrogen and oxygen atoms in total. The van der Waals surface area contributed by atoms with E-state index in [1.165, 1.54) is 44.9 Å². The van der Waals surface area contributed by atoms with Crippen LogP contribution < -0.4 is 10.9 Å². The van der Waals surface area contributed by atoms with Crippen LogP contribution in [0.3, 0.4) is 0 Å². The lowest BCUT2D eigenvalue weighted by Crippen LogP contribution is -2.31. The number of rotatable bonds is 7. The van der Waals surface area contributed by atoms with Gasteiger partial charge in [-0.2, -0.15) is 5.10 Å². The molecule has 0 aliphatic heterocycles. The Labute approximate surface area is 130 Å². The van der Waals surface area contributed by atoms with Crippen LogP contribution in [0, 0.1) is 11.3 Å². The van der Waals surface area contributed by atoms with E-state index >= 15 is 0 Å². The molecule has 0 radical (unpaired) electrons. The van der Waals surface area contributed by atoms with Gasteiger partial charge in [0.15, 0.2) is 0 Å². The highest BCUT2D eigenvalue weighted by atomic mass is 35.5. The van der Waals surface area contributed by atoms with Crippen molar-refractivity contribution in [2.75, 3.05) is 11.9 Å². The summed E-state index contributed by atoms with van der Waals surface area (Å²) in [6, 6.07) is 0. The molecule has 2 aliphatic carbocycles. The first-order chi connectivity index (χ1) is 10.1. The van der Waals surface area contributed by atoms with Crippen LogP contribution in [0.25, 0.3) is 0 Å². The molecule has 0 amide bonds. The minimum absolute atomic E-state index is 0.0679. The average Bonchev–Trinajstić information content (AvgIpc) is 3.16. The van der Waals surface area contributed by atoms with Crippen LogP contribution in [0.1, 0.15) is 51.9 Å². The Hall–Kier alpha value is -1.03. The Morgan fingerprint density at radius 1 is 1.48 bits per heavy atom. The monoisotopic (exact) mass is 309 g/mol. The maximum atomic E-state index is 12.5. The molecule has 2 aliphatic rings. The number of hydrogen-bond acceptors (Lipinski definition) is 3. The molecule has 5 heteroatoms. The molecule has 1 aromatic heterocycles. The molecule has 21 heavy (non-hydrogen) atoms. The summed E-state index contributed by atoms with van der Waals surface area (Å²) in [7, 11) is 0. The van der Waals surface area contributed by atoms with E-state index in [4.69, 9.17) is 11.6 Å². The van der Waals surface area contributed by atoms with E-state index in [9.17, 15) is 4.79 Å². The summed E-state index contributed by atoms with van der Waals surface area (Å²) in [6.45, 7) is 3.79. The molecule has 2 saturated carbocycles. The van der Waals surface area contributed by atoms with Gasteiger partial charge in [0.25, 0.3) is 5.56 Å². The van der Waals surface area contributed by atoms with E-state index in [0.717, 1.165) is 13.1 Å². The lowest BCUT2D eigenvalue weighted by molar-refractivity contribution is 0.262. The summed E-state index contributed by atoms with van der Waals surface area (Å²) in [6.07, 6.45) is 10.2. The van der Waals surface area contributed by atoms with Crippen LogP contribution in [0.4, 0.5) is 5.69 Å². The van der Waals surface area contributed by atoms with Crippen molar-refractivity contribution in [3.8, 4) is 0 Å². The first-order valence-electron chi connectivity index (χ1n) is 8.13. The third kappa shape index (κ3) is 3.25. The van der Waals surface area contributed by atoms with Gasteiger partial charge in [0.2, 0.25) is 0 Å². The third-order valence-corrected chi connectivity index (χ3v) is 5.32. The van der Waals surface area contributed by atoms with Crippen LogP contribution in [0.15, 0.2) is 11.0 Å². The second kappa shape index (κ2) is 5.99. The minimum atomic E-state index is -0.0679. The van der Waals surface area contributed by atoms with Crippen molar-refractivity contribution in [1.29, 1.82) is 0 Å². The molecule has 1 N–H and O–H groups in total. The van der Waals surface area contributed by atoms with Crippen LogP contribution in [-0.4, -0.2) is 16.3 Å². The Bertz CT molecular complexity index is 561. The summed E-state index contributed by atoms with van der Waals surface area (Å²) in [5.74, 6) is 0.610. The van der Waals surface area contributed by atoms with Crippen LogP contribution >= 0.6 is 11.6 Å². The zero-order valence-corrected chi connectivity index (χ0v) is 13.5. The van der Waals surface area contributed by atoms with Crippen molar-refractivity contribution >= 4 is 17.3 Å². The van der Waals surface area contributed by atoms with Gasteiger partial charge >= 0.3 is 0 Å². The fourth-order valence-corrected chi connectivity index (χ4v) is 3.37. The predicted molar refractivity (Wildman–Crippen MR) is 85.9 cm³/mol. The van der Waals surface area contributed by atoms with Crippen molar-refractivity contribution in [3.05, 3.63) is 21.6 Å². The van der Waals surface area contributed by atoms with E-state index in [-0.39, 0.29) is 5.56 Å². The van der Waals surface area contributed by atoms with Gasteiger partial charge < -0.3 is 5.32 Å². The van der Waals surface area contributed by atoms with E-state index in [1.54, 1.807) is 10.9 Å². The smallest absolute Gasteiger partial charge is 0.291 e. The molecule has 0 bridgehead atoms. The van der Waals surface area contributed by atoms with E-state index in [2.05, 4.69) is 17.3 Å². The van der Waals surface area contributed by atoms with Crippen molar-refractivity contribution in [3.63, 3.8) is 0 Å². The zero-order chi connectivity index (χ0) is 14.9. The highest BCUT2D eigenvalue weighted by molar-refractivity contribution is 6.32. The number of halogens is 1. The first-order valence-corrected chi connectivity index (χ1v) is 8.51. The molecular formula is C16H24ClN3O. The molecular weight excluding hydrogens is 286 g/mol. The second-order valence-corrected chi connectivity index (χ2v) is 7.16. The van der Waals surface area contributed by atoms with Gasteiger partial charge in [0, 0.05) is 13.1 Å². The number of hydrogen-bond donors (Lipinski definition) is 1. The topological polar surface area (TPSA) is 46.9 Å². The number of anilines is 1. The number of nitrogens with zero attached hydrogens (tertiary/aromatic N) is 2. The molecule has 0 atom stereocenters. The zero-order valence-electron chi connectivity index (χ0n) is 12.7. The molecule has 0 saturated heterocycles. The van der Waals surface area contributed by atoms with Crippen LogP contribution in [0.2, 0.25) is 5.02 Å². The molecule has 0 spiro atoms. The van der Waals surface area contributed by atoms with Crippen molar-refractivity contribution < 1.29 is 0 Å². The highest BCUT2D eigenvalue weighted by Crippen LogP contribution is 2.49. The van der Waals surface area contributed by atoms with Crippen molar-refractivity contribution in [2.24, 2.45) is 11.3 Å². The van der Waals surface area contributed by atoms with Gasteiger partial charge in [-0.15, -0.1) is 0 Å². The molecule has 116 valence electrons. The first kappa shape index (κ1) is 14.9. The third-order valence-electron chi connectivity index (χ3n) is 5.03. The Morgan fingerprint density at radius 3 is 2.81 bits per heavy atom. The van der Waals surface area contributed by atoms with Gasteiger partial charge in [-0.25, -0.2) is 4.68 Å². The van der Waals surface area contributed by atoms with Gasteiger partial charge in [-0.05, 0) is 43.4 Å². The number of aromatic nitrogens is 2. The van der Waals surface area contributed by atoms with Crippen LogP contribution in [0.5, 0.6) is 0 Å². The molecule has 1 heterocycles. The number of nitrogens with one attached hydrogen (secondary N) is 1. The molecule has 0 aromatic carbocycles. The van der Waals surface area contributed by atoms with Crippen molar-refractivity contribution in [1.82, 2.24) is 9.78 Å². The van der Waals surface area contributed by atoms with Gasteiger partial charge in [0.05, 0.1) is 11.2 Å². The van der Waals surface area contributed by atoms with E-state index in [0.29, 0.717) is 22.0 Å². The molecule has 2 fully saturated rings. The lowest BCUT2D eigenvalue weighted by Gasteiger charge is -2.25. The maximum absolute atomic E-state index is 12.5. The Kier molecular flexibility index (Phi) is 4.25. The van der Waals surface area contributed by atoms with Gasteiger partial charge in [-0.1, -0.05) is 31.4 Å². The Morgan fingerprint density at radius 2 is 2.24 bits per heavy atom. The second-order valence-electron chi connectivity index (χ2n) is 6.76. The van der Waals surface area contributed by atoms with E-state index < -0.39 is 0 Å². The highest BCUT2D eigenvalue weighted by Gasteiger charge is 2.41. The van der Waals surface area contributed by atoms with Gasteiger partial charge in [0.1, 0.15) is 5.69 Å². The quantitative estimate of drug-likeness (QED) is 0.835. The summed E-state index contributed by atoms with van der Waals surface area (Å²) in [5.41, 5.74) is 0.863. The SMILES string of the molecule is CCCC1(CNc2c(Cl)cnn(CC3CCC3)c2=O)CC1. The predicted octanol–water partition coefficient (Wildman–Crippen LogP) is 3.69. The summed E-state index contributed by atoms with van der Waals surface area (Å²) < 4.78 is 1.58. The largest absolute Gasteiger partial charge is 0.379 e. The fourth-order valence-electron chi connectivity index (χ4n) is 3.18. The lowest BCUT2D eigenvalue weighted by atomic mass is 9.85. The summed E-state index contributed by atoms with van der Waals surface area (Å²) in [4.78, 5) is 12.5. The van der Waals surface area contributed by atoms with Crippen molar-refractivity contribution in [2.45, 2.75) is 58.4 Å². The normalized spacial score (nSPS) is 20.1. The molecule has 0 unspecified atom stereocenters. The summed E-state index contributed by atoms with van der Waals surface area (Å²) >= 11 is 6.17. The standard InChI is InChI=1S/C16H24ClN3O/c1-2-6-16(7-8-16)11-18-14-13(17)9-19-20(15(14)21)10-12-4-3-5-12/h9,12,18H,2-8,10-11H2,1H3. The Balaban J connectivity index is 1.71. The molecule has 1 aromatic rings. The van der Waals surface area contributed by atoms with Crippen LogP contribution in [-0.2, 0) is 6.54 Å². The average molecular weight is 310 g/mol. The fraction of sp³-hybridized carbons (Fsp3) is 0.750.